The highest BCUT2D eigenvalue weighted by Crippen LogP contribution is 2.10. The molecule has 9 nitrogen and oxygen atoms in total. The Hall–Kier alpha value is -2.36. The van der Waals surface area contributed by atoms with E-state index in [9.17, 15) is 18.0 Å². The van der Waals surface area contributed by atoms with Gasteiger partial charge in [-0.3, -0.25) is 19.6 Å². The average molecular weight is 271 g/mol. The smallest absolute Gasteiger partial charge is 0.313 e. The zero-order valence-electron chi connectivity index (χ0n) is 9.14. The molecule has 0 bridgehead atoms. The van der Waals surface area contributed by atoms with E-state index in [0.29, 0.717) is 5.69 Å². The Balaban J connectivity index is 2.43. The van der Waals surface area contributed by atoms with Crippen molar-refractivity contribution in [3.63, 3.8) is 0 Å². The van der Waals surface area contributed by atoms with E-state index in [0.717, 1.165) is 6.20 Å². The Morgan fingerprint density at radius 2 is 2.06 bits per heavy atom. The second-order valence-corrected chi connectivity index (χ2v) is 5.13. The zero-order valence-corrected chi connectivity index (χ0v) is 9.96. The Morgan fingerprint density at radius 1 is 1.33 bits per heavy atom. The van der Waals surface area contributed by atoms with Crippen LogP contribution in [0.5, 0.6) is 0 Å². The maximum absolute atomic E-state index is 11.8. The Morgan fingerprint density at radius 3 is 2.61 bits per heavy atom. The molecule has 2 aromatic rings. The van der Waals surface area contributed by atoms with E-state index in [-0.39, 0.29) is 5.82 Å². The lowest BCUT2D eigenvalue weighted by atomic mass is 10.5. The predicted octanol–water partition coefficient (Wildman–Crippen LogP) is -1.10. The topological polar surface area (TPSA) is 141 Å². The molecule has 2 aromatic heterocycles. The summed E-state index contributed by atoms with van der Waals surface area (Å²) in [7, 11) is -4.09. The van der Waals surface area contributed by atoms with E-state index in [1.807, 2.05) is 4.98 Å². The number of aryl methyl sites for hydroxylation is 1. The van der Waals surface area contributed by atoms with Crippen LogP contribution < -0.4 is 16.0 Å². The quantitative estimate of drug-likeness (QED) is 0.560. The standard InChI is InChI=1S/C8H9N5O4S/c1-4-2-6(12-11-4)13-18(16,17)5-3-9-8(15)10-7(5)14/h2-3H,1H3,(H2,11,12,13)(H2,9,10,14,15). The largest absolute Gasteiger partial charge is 0.325 e. The fraction of sp³-hybridized carbons (Fsp3) is 0.125. The molecule has 0 amide bonds. The summed E-state index contributed by atoms with van der Waals surface area (Å²) < 4.78 is 25.8. The van der Waals surface area contributed by atoms with Crippen molar-refractivity contribution in [1.29, 1.82) is 0 Å². The highest BCUT2D eigenvalue weighted by molar-refractivity contribution is 7.92. The van der Waals surface area contributed by atoms with Gasteiger partial charge in [-0.2, -0.15) is 5.10 Å². The van der Waals surface area contributed by atoms with Gasteiger partial charge in [0, 0.05) is 18.0 Å². The molecule has 0 saturated carbocycles. The number of H-pyrrole nitrogens is 3. The van der Waals surface area contributed by atoms with E-state index >= 15 is 0 Å². The van der Waals surface area contributed by atoms with Crippen LogP contribution in [0.4, 0.5) is 5.82 Å². The van der Waals surface area contributed by atoms with Gasteiger partial charge in [0.25, 0.3) is 15.6 Å². The first kappa shape index (κ1) is 12.1. The van der Waals surface area contributed by atoms with Gasteiger partial charge in [0.05, 0.1) is 0 Å². The number of aromatic nitrogens is 4. The third kappa shape index (κ3) is 2.32. The fourth-order valence-electron chi connectivity index (χ4n) is 1.26. The molecule has 0 radical (unpaired) electrons. The molecule has 0 fully saturated rings. The van der Waals surface area contributed by atoms with Crippen LogP contribution in [0.25, 0.3) is 0 Å². The van der Waals surface area contributed by atoms with E-state index in [1.54, 1.807) is 6.92 Å². The Bertz CT molecular complexity index is 784. The van der Waals surface area contributed by atoms with Crippen LogP contribution in [0, 0.1) is 6.92 Å². The molecule has 0 spiro atoms. The summed E-state index contributed by atoms with van der Waals surface area (Å²) in [6, 6.07) is 1.46. The van der Waals surface area contributed by atoms with E-state index in [2.05, 4.69) is 19.9 Å². The van der Waals surface area contributed by atoms with Gasteiger partial charge in [-0.1, -0.05) is 0 Å². The molecule has 10 heteroatoms. The molecule has 96 valence electrons. The molecule has 0 aliphatic heterocycles. The number of nitrogens with zero attached hydrogens (tertiary/aromatic N) is 1. The molecule has 2 heterocycles. The number of aromatic amines is 3. The summed E-state index contributed by atoms with van der Waals surface area (Å²) in [5, 5.41) is 6.22. The van der Waals surface area contributed by atoms with Gasteiger partial charge >= 0.3 is 5.69 Å². The van der Waals surface area contributed by atoms with Gasteiger partial charge in [-0.15, -0.1) is 0 Å². The van der Waals surface area contributed by atoms with Crippen molar-refractivity contribution in [3.05, 3.63) is 38.8 Å². The van der Waals surface area contributed by atoms with Crippen molar-refractivity contribution in [2.45, 2.75) is 11.8 Å². The van der Waals surface area contributed by atoms with Crippen LogP contribution in [0.1, 0.15) is 5.69 Å². The molecule has 0 aromatic carbocycles. The van der Waals surface area contributed by atoms with Gasteiger partial charge in [-0.25, -0.2) is 13.2 Å². The molecule has 4 N–H and O–H groups in total. The Kier molecular flexibility index (Phi) is 2.79. The highest BCUT2D eigenvalue weighted by Gasteiger charge is 2.19. The van der Waals surface area contributed by atoms with Crippen LogP contribution in [0.2, 0.25) is 0 Å². The second kappa shape index (κ2) is 4.14. The van der Waals surface area contributed by atoms with Crippen molar-refractivity contribution in [2.75, 3.05) is 4.72 Å². The van der Waals surface area contributed by atoms with Gasteiger partial charge in [-0.05, 0) is 6.92 Å². The number of rotatable bonds is 3. The summed E-state index contributed by atoms with van der Waals surface area (Å²) in [5.74, 6) is 0.0538. The van der Waals surface area contributed by atoms with Crippen molar-refractivity contribution >= 4 is 15.8 Å². The lowest BCUT2D eigenvalue weighted by Crippen LogP contribution is -2.29. The summed E-state index contributed by atoms with van der Waals surface area (Å²) in [4.78, 5) is 25.5. The minimum absolute atomic E-state index is 0.0538. The van der Waals surface area contributed by atoms with Gasteiger partial charge in [0.2, 0.25) is 0 Å². The first-order valence-electron chi connectivity index (χ1n) is 4.75. The summed E-state index contributed by atoms with van der Waals surface area (Å²) in [5.41, 5.74) is -1.13. The number of hydrogen-bond acceptors (Lipinski definition) is 5. The third-order valence-corrected chi connectivity index (χ3v) is 3.38. The van der Waals surface area contributed by atoms with E-state index < -0.39 is 26.2 Å². The SMILES string of the molecule is Cc1cc(NS(=O)(=O)c2c[nH]c(=O)[nH]c2=O)n[nH]1. The maximum atomic E-state index is 11.8. The summed E-state index contributed by atoms with van der Waals surface area (Å²) in [6.45, 7) is 1.69. The fourth-order valence-corrected chi connectivity index (χ4v) is 2.26. The number of sulfonamides is 1. The molecule has 2 rings (SSSR count). The lowest BCUT2D eigenvalue weighted by molar-refractivity contribution is 0.598. The molecular formula is C8H9N5O4S. The van der Waals surface area contributed by atoms with E-state index in [4.69, 9.17) is 0 Å². The number of hydrogen-bond donors (Lipinski definition) is 4. The number of nitrogens with one attached hydrogen (secondary N) is 4. The van der Waals surface area contributed by atoms with Gasteiger partial charge < -0.3 is 4.98 Å². The summed E-state index contributed by atoms with van der Waals surface area (Å²) in [6.07, 6.45) is 0.822. The van der Waals surface area contributed by atoms with Crippen molar-refractivity contribution < 1.29 is 8.42 Å². The van der Waals surface area contributed by atoms with Crippen LogP contribution in [0.15, 0.2) is 26.7 Å². The van der Waals surface area contributed by atoms with Crippen LogP contribution in [0.3, 0.4) is 0 Å². The number of anilines is 1. The average Bonchev–Trinajstić information content (AvgIpc) is 2.62. The minimum Gasteiger partial charge on any atom is -0.313 e. The van der Waals surface area contributed by atoms with Crippen molar-refractivity contribution in [1.82, 2.24) is 20.2 Å². The van der Waals surface area contributed by atoms with Gasteiger partial charge in [0.1, 0.15) is 0 Å². The molecule has 0 unspecified atom stereocenters. The van der Waals surface area contributed by atoms with Crippen LogP contribution >= 0.6 is 0 Å². The first-order chi connectivity index (χ1) is 8.38. The van der Waals surface area contributed by atoms with Crippen LogP contribution in [-0.4, -0.2) is 28.6 Å². The lowest BCUT2D eigenvalue weighted by Gasteiger charge is -2.03. The van der Waals surface area contributed by atoms with Gasteiger partial charge in [0.15, 0.2) is 10.7 Å². The normalized spacial score (nSPS) is 11.4. The molecule has 0 aliphatic carbocycles. The van der Waals surface area contributed by atoms with Crippen LogP contribution in [-0.2, 0) is 10.0 Å². The maximum Gasteiger partial charge on any atom is 0.325 e. The van der Waals surface area contributed by atoms with Crippen molar-refractivity contribution in [3.8, 4) is 0 Å². The molecule has 0 aliphatic rings. The first-order valence-corrected chi connectivity index (χ1v) is 6.23. The molecule has 0 atom stereocenters. The summed E-state index contributed by atoms with van der Waals surface area (Å²) >= 11 is 0. The second-order valence-electron chi connectivity index (χ2n) is 3.48. The van der Waals surface area contributed by atoms with Crippen molar-refractivity contribution in [2.24, 2.45) is 0 Å². The zero-order chi connectivity index (χ0) is 13.3. The monoisotopic (exact) mass is 271 g/mol. The molecular weight excluding hydrogens is 262 g/mol. The minimum atomic E-state index is -4.09. The Labute approximate surface area is 100 Å². The third-order valence-electron chi connectivity index (χ3n) is 2.02. The highest BCUT2D eigenvalue weighted by atomic mass is 32.2. The molecule has 18 heavy (non-hydrogen) atoms. The van der Waals surface area contributed by atoms with E-state index in [1.165, 1.54) is 6.07 Å². The predicted molar refractivity (Wildman–Crippen MR) is 61.8 cm³/mol. The molecule has 0 saturated heterocycles.